The van der Waals surface area contributed by atoms with Crippen LogP contribution in [0.2, 0.25) is 0 Å². The highest BCUT2D eigenvalue weighted by atomic mass is 31.2. The highest BCUT2D eigenvalue weighted by molar-refractivity contribution is 7.47. The Bertz CT molecular complexity index is 1270. The van der Waals surface area contributed by atoms with Crippen molar-refractivity contribution in [3.05, 3.63) is 0 Å². The van der Waals surface area contributed by atoms with E-state index >= 15 is 0 Å². The molecule has 0 bridgehead atoms. The Labute approximate surface area is 435 Å². The summed E-state index contributed by atoms with van der Waals surface area (Å²) in [4.78, 5) is 63.8. The SMILES string of the molecule is CCCCCCCCC(CCCCCCCC)C(=O)OCCCCCCC(=O)OCC(COP(=O)(O)OCCN(C)C)OC(=O)CCCCCCOC(=O)C(CCCCCCCC)CCCCCCCC. The van der Waals surface area contributed by atoms with E-state index in [1.54, 1.807) is 19.0 Å². The van der Waals surface area contributed by atoms with Crippen LogP contribution < -0.4 is 0 Å². The maximum Gasteiger partial charge on any atom is 0.472 e. The lowest BCUT2D eigenvalue weighted by molar-refractivity contribution is -0.161. The molecule has 0 radical (unpaired) electrons. The maximum absolute atomic E-state index is 13.1. The van der Waals surface area contributed by atoms with Crippen molar-refractivity contribution in [3.63, 3.8) is 0 Å². The molecular formula is C57H110NO12P. The number of carbonyl (C=O) groups excluding carboxylic acids is 4. The van der Waals surface area contributed by atoms with Gasteiger partial charge in [-0.2, -0.15) is 0 Å². The molecule has 0 fully saturated rings. The van der Waals surface area contributed by atoms with Crippen LogP contribution in [0.15, 0.2) is 0 Å². The van der Waals surface area contributed by atoms with Crippen LogP contribution in [-0.4, -0.2) is 93.4 Å². The molecular weight excluding hydrogens is 922 g/mol. The van der Waals surface area contributed by atoms with Crippen molar-refractivity contribution in [2.45, 2.75) is 278 Å². The standard InChI is InChI=1S/C57H110NO12P/c1-7-11-15-19-23-31-39-51(40-32-24-20-16-12-8-2)56(61)65-46-37-29-27-35-43-54(59)67-49-53(50-69-71(63,64)68-48-45-58(5)6)70-55(60)44-36-28-30-38-47-66-57(62)52(41-33-25-21-17-13-9-3)42-34-26-22-18-14-10-4/h51-53H,7-50H2,1-6H3,(H,63,64). The first kappa shape index (κ1) is 69.0. The first-order valence-electron chi connectivity index (χ1n) is 29.3. The average Bonchev–Trinajstić information content (AvgIpc) is 3.34. The Morgan fingerprint density at radius 1 is 0.423 bits per heavy atom. The summed E-state index contributed by atoms with van der Waals surface area (Å²) in [6.07, 6.45) is 37.2. The lowest BCUT2D eigenvalue weighted by Crippen LogP contribution is -2.29. The smallest absolute Gasteiger partial charge is 0.465 e. The van der Waals surface area contributed by atoms with Crippen molar-refractivity contribution in [2.75, 3.05) is 53.7 Å². The molecule has 2 atom stereocenters. The molecule has 0 saturated heterocycles. The first-order valence-corrected chi connectivity index (χ1v) is 30.8. The van der Waals surface area contributed by atoms with E-state index in [9.17, 15) is 28.6 Å². The number of unbranched alkanes of at least 4 members (excludes halogenated alkanes) is 26. The van der Waals surface area contributed by atoms with Gasteiger partial charge in [0.2, 0.25) is 0 Å². The molecule has 13 nitrogen and oxygen atoms in total. The molecule has 71 heavy (non-hydrogen) atoms. The summed E-state index contributed by atoms with van der Waals surface area (Å²) in [5.74, 6) is -1.21. The first-order chi connectivity index (χ1) is 34.4. The number of rotatable bonds is 54. The molecule has 0 aliphatic heterocycles. The van der Waals surface area contributed by atoms with Crippen molar-refractivity contribution in [2.24, 2.45) is 11.8 Å². The van der Waals surface area contributed by atoms with Gasteiger partial charge in [0.25, 0.3) is 0 Å². The highest BCUT2D eigenvalue weighted by Crippen LogP contribution is 2.43. The van der Waals surface area contributed by atoms with Crippen LogP contribution >= 0.6 is 7.82 Å². The number of hydrogen-bond acceptors (Lipinski definition) is 12. The summed E-state index contributed by atoms with van der Waals surface area (Å²) in [5.41, 5.74) is 0. The van der Waals surface area contributed by atoms with Gasteiger partial charge in [0.1, 0.15) is 6.61 Å². The lowest BCUT2D eigenvalue weighted by atomic mass is 9.94. The van der Waals surface area contributed by atoms with Gasteiger partial charge in [-0.1, -0.05) is 207 Å². The molecule has 0 amide bonds. The number of esters is 4. The van der Waals surface area contributed by atoms with Crippen LogP contribution in [0.25, 0.3) is 0 Å². The largest absolute Gasteiger partial charge is 0.472 e. The summed E-state index contributed by atoms with van der Waals surface area (Å²) in [5, 5.41) is 0. The van der Waals surface area contributed by atoms with Crippen LogP contribution in [0.4, 0.5) is 0 Å². The molecule has 14 heteroatoms. The Kier molecular flexibility index (Phi) is 48.7. The molecule has 0 saturated carbocycles. The topological polar surface area (TPSA) is 164 Å². The lowest BCUT2D eigenvalue weighted by Gasteiger charge is -2.20. The number of phosphoric acid groups is 1. The fraction of sp³-hybridized carbons (Fsp3) is 0.930. The molecule has 420 valence electrons. The van der Waals surface area contributed by atoms with Crippen molar-refractivity contribution >= 4 is 31.7 Å². The van der Waals surface area contributed by atoms with Gasteiger partial charge in [-0.15, -0.1) is 0 Å². The summed E-state index contributed by atoms with van der Waals surface area (Å²) < 4.78 is 45.3. The van der Waals surface area contributed by atoms with E-state index in [4.69, 9.17) is 28.0 Å². The predicted octanol–water partition coefficient (Wildman–Crippen LogP) is 15.4. The molecule has 0 aliphatic carbocycles. The average molecular weight is 1030 g/mol. The van der Waals surface area contributed by atoms with Gasteiger partial charge >= 0.3 is 31.7 Å². The van der Waals surface area contributed by atoms with Crippen LogP contribution in [-0.2, 0) is 51.7 Å². The predicted molar refractivity (Wildman–Crippen MR) is 288 cm³/mol. The number of likely N-dealkylation sites (N-methyl/N-ethyl adjacent to an activating group) is 1. The number of nitrogens with zero attached hydrogens (tertiary/aromatic N) is 1. The minimum Gasteiger partial charge on any atom is -0.465 e. The molecule has 0 spiro atoms. The number of phosphoric ester groups is 1. The van der Waals surface area contributed by atoms with Gasteiger partial charge in [0.15, 0.2) is 6.10 Å². The van der Waals surface area contributed by atoms with E-state index < -0.39 is 32.5 Å². The number of ether oxygens (including phenoxy) is 4. The van der Waals surface area contributed by atoms with Crippen molar-refractivity contribution in [1.29, 1.82) is 0 Å². The third-order valence-electron chi connectivity index (χ3n) is 13.3. The second-order valence-corrected chi connectivity index (χ2v) is 21.9. The second kappa shape index (κ2) is 50.1. The van der Waals surface area contributed by atoms with Crippen LogP contribution in [0.5, 0.6) is 0 Å². The van der Waals surface area contributed by atoms with E-state index in [2.05, 4.69) is 27.7 Å². The molecule has 0 aromatic carbocycles. The molecule has 0 rings (SSSR count). The van der Waals surface area contributed by atoms with Crippen molar-refractivity contribution in [1.82, 2.24) is 4.90 Å². The van der Waals surface area contributed by atoms with Crippen molar-refractivity contribution < 1.29 is 56.6 Å². The van der Waals surface area contributed by atoms with E-state index in [0.717, 1.165) is 96.3 Å². The zero-order valence-electron chi connectivity index (χ0n) is 46.7. The maximum atomic E-state index is 13.1. The number of hydrogen-bond donors (Lipinski definition) is 1. The molecule has 2 unspecified atom stereocenters. The summed E-state index contributed by atoms with van der Waals surface area (Å²) in [7, 11) is -0.848. The summed E-state index contributed by atoms with van der Waals surface area (Å²) in [6.45, 7) is 9.16. The van der Waals surface area contributed by atoms with Crippen molar-refractivity contribution in [3.8, 4) is 0 Å². The zero-order valence-corrected chi connectivity index (χ0v) is 47.6. The monoisotopic (exact) mass is 1030 g/mol. The normalized spacial score (nSPS) is 12.9. The fourth-order valence-corrected chi connectivity index (χ4v) is 9.39. The Morgan fingerprint density at radius 2 is 0.775 bits per heavy atom. The quantitative estimate of drug-likeness (QED) is 0.0265. The molecule has 0 aromatic rings. The van der Waals surface area contributed by atoms with Gasteiger partial charge in [-0.05, 0) is 65.5 Å². The zero-order chi connectivity index (χ0) is 52.5. The molecule has 0 aliphatic rings. The summed E-state index contributed by atoms with van der Waals surface area (Å²) in [6, 6.07) is 0. The minimum atomic E-state index is -4.46. The van der Waals surface area contributed by atoms with Gasteiger partial charge in [-0.3, -0.25) is 28.2 Å². The van der Waals surface area contributed by atoms with Gasteiger partial charge in [-0.25, -0.2) is 4.57 Å². The van der Waals surface area contributed by atoms with Gasteiger partial charge in [0.05, 0.1) is 38.3 Å². The molecule has 0 aromatic heterocycles. The third kappa shape index (κ3) is 46.2. The van der Waals surface area contributed by atoms with Crippen LogP contribution in [0.3, 0.4) is 0 Å². The summed E-state index contributed by atoms with van der Waals surface area (Å²) >= 11 is 0. The van der Waals surface area contributed by atoms with E-state index in [-0.39, 0.29) is 49.8 Å². The number of carbonyl (C=O) groups is 4. The fourth-order valence-electron chi connectivity index (χ4n) is 8.65. The van der Waals surface area contributed by atoms with Crippen LogP contribution in [0.1, 0.15) is 272 Å². The minimum absolute atomic E-state index is 0.0259. The van der Waals surface area contributed by atoms with E-state index in [1.165, 1.54) is 116 Å². The van der Waals surface area contributed by atoms with Gasteiger partial charge in [0, 0.05) is 19.4 Å². The van der Waals surface area contributed by atoms with E-state index in [1.807, 2.05) is 0 Å². The van der Waals surface area contributed by atoms with E-state index in [0.29, 0.717) is 39.0 Å². The van der Waals surface area contributed by atoms with Gasteiger partial charge < -0.3 is 28.7 Å². The second-order valence-electron chi connectivity index (χ2n) is 20.5. The Morgan fingerprint density at radius 3 is 1.17 bits per heavy atom. The van der Waals surface area contributed by atoms with Crippen LogP contribution in [0, 0.1) is 11.8 Å². The Balaban J connectivity index is 4.86. The third-order valence-corrected chi connectivity index (χ3v) is 14.3. The Hall–Kier alpha value is -2.05. The highest BCUT2D eigenvalue weighted by Gasteiger charge is 2.26. The molecule has 1 N–H and O–H groups in total. The molecule has 0 heterocycles.